The third-order valence-corrected chi connectivity index (χ3v) is 12.9. The third kappa shape index (κ3) is 9.46. The summed E-state index contributed by atoms with van der Waals surface area (Å²) in [6.07, 6.45) is 1.26. The molecule has 4 rings (SSSR count). The zero-order valence-electron chi connectivity index (χ0n) is 26.8. The zero-order chi connectivity index (χ0) is 34.4. The minimum Gasteiger partial charge on any atom is -0.490 e. The van der Waals surface area contributed by atoms with Gasteiger partial charge in [0.25, 0.3) is 15.9 Å². The van der Waals surface area contributed by atoms with Crippen molar-refractivity contribution in [2.24, 2.45) is 5.92 Å². The van der Waals surface area contributed by atoms with Crippen LogP contribution in [0, 0.1) is 5.92 Å². The molecular formula is C32H42ClN3O8S3. The number of amides is 1. The van der Waals surface area contributed by atoms with Gasteiger partial charge in [-0.2, -0.15) is 4.31 Å². The van der Waals surface area contributed by atoms with Gasteiger partial charge in [-0.1, -0.05) is 24.6 Å². The summed E-state index contributed by atoms with van der Waals surface area (Å²) in [6, 6.07) is 13.0. The number of aliphatic hydroxyl groups is 1. The summed E-state index contributed by atoms with van der Waals surface area (Å²) in [7, 11) is -6.27. The lowest BCUT2D eigenvalue weighted by molar-refractivity contribution is -0.00833. The number of hydrogen-bond donors (Lipinski definition) is 2. The molecule has 47 heavy (non-hydrogen) atoms. The standard InChI is InChI=1S/C32H42ClN3O8S3/c1-22-19-36(23(2)21-37)32(38)28-18-26(34-46(39,40)31-9-7-17-45-31)12-15-29(28)44-24(3)8-5-6-16-43-30(22)20-35(4)47(41,42)27-13-10-25(33)11-14-27/h7,9-15,17-18,22-24,30,34,37H,5-6,8,16,19-21H2,1-4H3/t22-,23-,24+,30-/m0/s1. The van der Waals surface area contributed by atoms with Crippen LogP contribution in [-0.4, -0.2) is 88.7 Å². The molecule has 0 fully saturated rings. The first-order chi connectivity index (χ1) is 22.2. The molecule has 0 saturated carbocycles. The average molecular weight is 728 g/mol. The molecule has 3 aromatic rings. The highest BCUT2D eigenvalue weighted by Crippen LogP contribution is 2.30. The van der Waals surface area contributed by atoms with Crippen molar-refractivity contribution < 1.29 is 36.2 Å². The Labute approximate surface area is 286 Å². The Morgan fingerprint density at radius 2 is 1.83 bits per heavy atom. The number of halogens is 1. The van der Waals surface area contributed by atoms with Gasteiger partial charge in [0.05, 0.1) is 35.3 Å². The van der Waals surface area contributed by atoms with E-state index in [1.54, 1.807) is 30.5 Å². The summed E-state index contributed by atoms with van der Waals surface area (Å²) in [6.45, 7) is 5.63. The Bertz CT molecular complexity index is 1700. The minimum absolute atomic E-state index is 0.0202. The molecule has 258 valence electrons. The summed E-state index contributed by atoms with van der Waals surface area (Å²) in [5.41, 5.74) is 0.315. The van der Waals surface area contributed by atoms with Gasteiger partial charge in [0.2, 0.25) is 10.0 Å². The normalized spacial score (nSPS) is 21.0. The average Bonchev–Trinajstić information content (AvgIpc) is 3.59. The number of anilines is 1. The van der Waals surface area contributed by atoms with E-state index in [4.69, 9.17) is 21.1 Å². The smallest absolute Gasteiger partial charge is 0.271 e. The van der Waals surface area contributed by atoms with Crippen LogP contribution in [0.25, 0.3) is 0 Å². The lowest BCUT2D eigenvalue weighted by Gasteiger charge is -2.35. The molecule has 1 amide bonds. The van der Waals surface area contributed by atoms with Gasteiger partial charge < -0.3 is 19.5 Å². The van der Waals surface area contributed by atoms with Crippen LogP contribution in [-0.2, 0) is 24.8 Å². The quantitative estimate of drug-likeness (QED) is 0.302. The van der Waals surface area contributed by atoms with Crippen molar-refractivity contribution in [3.8, 4) is 5.75 Å². The summed E-state index contributed by atoms with van der Waals surface area (Å²) >= 11 is 7.04. The number of thiophene rings is 1. The SMILES string of the molecule is C[C@@H]1CCCCO[C@@H](CN(C)S(=O)(=O)c2ccc(Cl)cc2)[C@@H](C)CN([C@@H](C)CO)C(=O)c2cc(NS(=O)(=O)c3cccs3)ccc2O1. The Morgan fingerprint density at radius 3 is 2.49 bits per heavy atom. The second-order valence-electron chi connectivity index (χ2n) is 11.8. The van der Waals surface area contributed by atoms with E-state index in [0.717, 1.165) is 17.8 Å². The van der Waals surface area contributed by atoms with Gasteiger partial charge in [0, 0.05) is 43.4 Å². The number of likely N-dealkylation sites (N-methyl/N-ethyl adjacent to an activating group) is 1. The Balaban J connectivity index is 1.67. The lowest BCUT2D eigenvalue weighted by atomic mass is 10.0. The summed E-state index contributed by atoms with van der Waals surface area (Å²) in [5.74, 6) is -0.554. The fourth-order valence-corrected chi connectivity index (χ4v) is 8.56. The maximum atomic E-state index is 14.3. The molecule has 2 N–H and O–H groups in total. The Hall–Kier alpha value is -2.72. The number of sulfonamides is 2. The second-order valence-corrected chi connectivity index (χ2v) is 17.1. The number of aliphatic hydroxyl groups excluding tert-OH is 1. The van der Waals surface area contributed by atoms with E-state index in [1.165, 1.54) is 52.7 Å². The lowest BCUT2D eigenvalue weighted by Crippen LogP contribution is -2.48. The van der Waals surface area contributed by atoms with Crippen LogP contribution in [0.2, 0.25) is 5.02 Å². The van der Waals surface area contributed by atoms with Gasteiger partial charge in [-0.25, -0.2) is 16.8 Å². The number of benzene rings is 2. The first-order valence-corrected chi connectivity index (χ1v) is 19.5. The van der Waals surface area contributed by atoms with Crippen molar-refractivity contribution >= 4 is 54.6 Å². The maximum absolute atomic E-state index is 14.3. The molecule has 1 aliphatic heterocycles. The molecule has 0 spiro atoms. The Morgan fingerprint density at radius 1 is 1.11 bits per heavy atom. The number of carbonyl (C=O) groups excluding carboxylic acids is 1. The number of fused-ring (bicyclic) bond motifs is 1. The molecule has 0 saturated heterocycles. The van der Waals surface area contributed by atoms with Crippen LogP contribution >= 0.6 is 22.9 Å². The van der Waals surface area contributed by atoms with Crippen molar-refractivity contribution in [3.05, 3.63) is 70.6 Å². The van der Waals surface area contributed by atoms with Crippen LogP contribution in [0.4, 0.5) is 5.69 Å². The molecule has 11 nitrogen and oxygen atoms in total. The van der Waals surface area contributed by atoms with Gasteiger partial charge in [0.1, 0.15) is 9.96 Å². The molecule has 2 aromatic carbocycles. The number of hydrogen-bond acceptors (Lipinski definition) is 9. The second kappa shape index (κ2) is 16.1. The van der Waals surface area contributed by atoms with Crippen LogP contribution < -0.4 is 9.46 Å². The van der Waals surface area contributed by atoms with Crippen LogP contribution in [0.1, 0.15) is 50.4 Å². The largest absolute Gasteiger partial charge is 0.490 e. The molecule has 0 unspecified atom stereocenters. The predicted octanol–water partition coefficient (Wildman–Crippen LogP) is 5.32. The molecule has 0 radical (unpaired) electrons. The van der Waals surface area contributed by atoms with Crippen LogP contribution in [0.3, 0.4) is 0 Å². The van der Waals surface area contributed by atoms with Gasteiger partial charge >= 0.3 is 0 Å². The summed E-state index contributed by atoms with van der Waals surface area (Å²) < 4.78 is 69.2. The predicted molar refractivity (Wildman–Crippen MR) is 183 cm³/mol. The number of nitrogens with one attached hydrogen (secondary N) is 1. The highest BCUT2D eigenvalue weighted by Gasteiger charge is 2.32. The molecular weight excluding hydrogens is 686 g/mol. The van der Waals surface area contributed by atoms with E-state index in [0.29, 0.717) is 30.2 Å². The molecule has 1 aromatic heterocycles. The number of ether oxygens (including phenoxy) is 2. The van der Waals surface area contributed by atoms with E-state index in [2.05, 4.69) is 4.72 Å². The van der Waals surface area contributed by atoms with Crippen LogP contribution in [0.5, 0.6) is 5.75 Å². The third-order valence-electron chi connectivity index (χ3n) is 8.02. The first kappa shape index (κ1) is 37.1. The molecule has 15 heteroatoms. The van der Waals surface area contributed by atoms with Crippen molar-refractivity contribution in [3.63, 3.8) is 0 Å². The molecule has 2 heterocycles. The van der Waals surface area contributed by atoms with Crippen molar-refractivity contribution in [1.29, 1.82) is 0 Å². The summed E-state index contributed by atoms with van der Waals surface area (Å²) in [4.78, 5) is 15.9. The van der Waals surface area contributed by atoms with Crippen molar-refractivity contribution in [1.82, 2.24) is 9.21 Å². The molecule has 1 aliphatic rings. The maximum Gasteiger partial charge on any atom is 0.271 e. The zero-order valence-corrected chi connectivity index (χ0v) is 30.0. The number of carbonyl (C=O) groups is 1. The van der Waals surface area contributed by atoms with E-state index in [-0.39, 0.29) is 52.1 Å². The molecule has 0 bridgehead atoms. The van der Waals surface area contributed by atoms with Crippen molar-refractivity contribution in [2.45, 2.75) is 67.4 Å². The fourth-order valence-electron chi connectivity index (χ4n) is 5.21. The molecule has 0 aliphatic carbocycles. The summed E-state index contributed by atoms with van der Waals surface area (Å²) in [5, 5.41) is 12.3. The van der Waals surface area contributed by atoms with E-state index >= 15 is 0 Å². The monoisotopic (exact) mass is 727 g/mol. The fraction of sp³-hybridized carbons (Fsp3) is 0.469. The van der Waals surface area contributed by atoms with E-state index in [9.17, 15) is 26.7 Å². The van der Waals surface area contributed by atoms with Gasteiger partial charge in [0.15, 0.2) is 0 Å². The topological polar surface area (TPSA) is 143 Å². The van der Waals surface area contributed by atoms with Gasteiger partial charge in [-0.05, 0) is 87.0 Å². The van der Waals surface area contributed by atoms with E-state index < -0.39 is 38.1 Å². The number of rotatable bonds is 9. The Kier molecular flexibility index (Phi) is 12.7. The first-order valence-electron chi connectivity index (χ1n) is 15.3. The minimum atomic E-state index is -3.88. The van der Waals surface area contributed by atoms with E-state index in [1.807, 2.05) is 13.8 Å². The molecule has 4 atom stereocenters. The number of nitrogens with zero attached hydrogens (tertiary/aromatic N) is 2. The van der Waals surface area contributed by atoms with Crippen LogP contribution in [0.15, 0.2) is 69.1 Å². The highest BCUT2D eigenvalue weighted by molar-refractivity contribution is 7.94. The van der Waals surface area contributed by atoms with Gasteiger partial charge in [-0.3, -0.25) is 9.52 Å². The van der Waals surface area contributed by atoms with Gasteiger partial charge in [-0.15, -0.1) is 11.3 Å². The van der Waals surface area contributed by atoms with Crippen molar-refractivity contribution in [2.75, 3.05) is 38.1 Å². The highest BCUT2D eigenvalue weighted by atomic mass is 35.5.